The van der Waals surface area contributed by atoms with E-state index in [0.717, 1.165) is 10.9 Å². The van der Waals surface area contributed by atoms with Crippen LogP contribution in [0.5, 0.6) is 0 Å². The Morgan fingerprint density at radius 3 is 2.86 bits per heavy atom. The van der Waals surface area contributed by atoms with Gasteiger partial charge in [-0.2, -0.15) is 5.10 Å². The summed E-state index contributed by atoms with van der Waals surface area (Å²) in [5.74, 6) is 0. The predicted molar refractivity (Wildman–Crippen MR) is 54.6 cm³/mol. The van der Waals surface area contributed by atoms with E-state index in [1.807, 2.05) is 12.1 Å². The van der Waals surface area contributed by atoms with Gasteiger partial charge in [0.25, 0.3) is 0 Å². The summed E-state index contributed by atoms with van der Waals surface area (Å²) in [7, 11) is 1.79. The molecular formula is C10H12FN3. The molecule has 0 radical (unpaired) electrons. The Morgan fingerprint density at radius 1 is 1.50 bits per heavy atom. The molecule has 74 valence electrons. The highest BCUT2D eigenvalue weighted by Gasteiger charge is 2.15. The third-order valence-corrected chi connectivity index (χ3v) is 2.31. The average molecular weight is 193 g/mol. The van der Waals surface area contributed by atoms with Crippen molar-refractivity contribution in [2.24, 2.45) is 7.05 Å². The molecule has 14 heavy (non-hydrogen) atoms. The zero-order valence-electron chi connectivity index (χ0n) is 8.16. The number of aryl methyl sites for hydroxylation is 1. The van der Waals surface area contributed by atoms with Crippen LogP contribution in [0.4, 0.5) is 10.1 Å². The lowest BCUT2D eigenvalue weighted by molar-refractivity contribution is 0.365. The van der Waals surface area contributed by atoms with Gasteiger partial charge in [-0.05, 0) is 19.1 Å². The number of rotatable bonds is 1. The molecule has 2 rings (SSSR count). The average Bonchev–Trinajstić information content (AvgIpc) is 2.46. The topological polar surface area (TPSA) is 43.8 Å². The highest BCUT2D eigenvalue weighted by Crippen LogP contribution is 2.29. The van der Waals surface area contributed by atoms with Crippen LogP contribution < -0.4 is 5.73 Å². The van der Waals surface area contributed by atoms with Gasteiger partial charge in [0.2, 0.25) is 0 Å². The maximum Gasteiger partial charge on any atom is 0.142 e. The fraction of sp³-hybridized carbons (Fsp3) is 0.300. The summed E-state index contributed by atoms with van der Waals surface area (Å²) in [6, 6.07) is 5.48. The van der Waals surface area contributed by atoms with E-state index in [-0.39, 0.29) is 0 Å². The summed E-state index contributed by atoms with van der Waals surface area (Å²) in [4.78, 5) is 0. The summed E-state index contributed by atoms with van der Waals surface area (Å²) in [6.07, 6.45) is -1.09. The maximum atomic E-state index is 13.2. The van der Waals surface area contributed by atoms with Crippen LogP contribution in [0.25, 0.3) is 10.9 Å². The zero-order chi connectivity index (χ0) is 10.3. The highest BCUT2D eigenvalue weighted by atomic mass is 19.1. The van der Waals surface area contributed by atoms with Gasteiger partial charge in [-0.25, -0.2) is 4.39 Å². The van der Waals surface area contributed by atoms with Crippen LogP contribution in [0.3, 0.4) is 0 Å². The fourth-order valence-electron chi connectivity index (χ4n) is 1.65. The first kappa shape index (κ1) is 8.99. The van der Waals surface area contributed by atoms with E-state index in [1.54, 1.807) is 17.8 Å². The second-order valence-corrected chi connectivity index (χ2v) is 3.37. The number of hydrogen-bond acceptors (Lipinski definition) is 2. The van der Waals surface area contributed by atoms with E-state index in [4.69, 9.17) is 5.73 Å². The minimum absolute atomic E-state index is 0.417. The van der Waals surface area contributed by atoms with Gasteiger partial charge in [0, 0.05) is 18.1 Å². The second kappa shape index (κ2) is 2.97. The monoisotopic (exact) mass is 193 g/mol. The lowest BCUT2D eigenvalue weighted by Crippen LogP contribution is -1.92. The predicted octanol–water partition coefficient (Wildman–Crippen LogP) is 2.19. The van der Waals surface area contributed by atoms with Gasteiger partial charge < -0.3 is 5.73 Å². The minimum atomic E-state index is -1.09. The van der Waals surface area contributed by atoms with Gasteiger partial charge in [-0.15, -0.1) is 0 Å². The van der Waals surface area contributed by atoms with Crippen LogP contribution in [0, 0.1) is 0 Å². The van der Waals surface area contributed by atoms with Crippen molar-refractivity contribution in [3.8, 4) is 0 Å². The quantitative estimate of drug-likeness (QED) is 0.705. The third kappa shape index (κ3) is 1.14. The van der Waals surface area contributed by atoms with Crippen molar-refractivity contribution in [2.45, 2.75) is 13.1 Å². The van der Waals surface area contributed by atoms with Gasteiger partial charge in [-0.3, -0.25) is 4.68 Å². The van der Waals surface area contributed by atoms with Gasteiger partial charge in [0.05, 0.1) is 5.52 Å². The summed E-state index contributed by atoms with van der Waals surface area (Å²) in [5.41, 5.74) is 7.65. The van der Waals surface area contributed by atoms with Gasteiger partial charge in [-0.1, -0.05) is 6.07 Å². The molecule has 0 aliphatic heterocycles. The molecule has 0 spiro atoms. The second-order valence-electron chi connectivity index (χ2n) is 3.37. The number of anilines is 1. The lowest BCUT2D eigenvalue weighted by Gasteiger charge is -1.99. The number of halogens is 1. The molecule has 0 aliphatic carbocycles. The Morgan fingerprint density at radius 2 is 2.21 bits per heavy atom. The SMILES string of the molecule is CC(F)c1nn(C)c2cccc(N)c12. The molecule has 1 unspecified atom stereocenters. The Balaban J connectivity index is 2.86. The van der Waals surface area contributed by atoms with E-state index >= 15 is 0 Å². The lowest BCUT2D eigenvalue weighted by atomic mass is 10.1. The normalized spacial score (nSPS) is 13.4. The number of nitrogens with two attached hydrogens (primary N) is 1. The molecule has 1 atom stereocenters. The number of alkyl halides is 1. The van der Waals surface area contributed by atoms with Crippen molar-refractivity contribution >= 4 is 16.6 Å². The van der Waals surface area contributed by atoms with E-state index in [0.29, 0.717) is 11.4 Å². The minimum Gasteiger partial charge on any atom is -0.398 e. The molecule has 4 heteroatoms. The molecule has 0 saturated carbocycles. The molecule has 2 N–H and O–H groups in total. The first-order valence-electron chi connectivity index (χ1n) is 4.46. The smallest absolute Gasteiger partial charge is 0.142 e. The Bertz CT molecular complexity index is 473. The molecule has 1 aromatic carbocycles. The van der Waals surface area contributed by atoms with Gasteiger partial charge in [0.15, 0.2) is 0 Å². The highest BCUT2D eigenvalue weighted by molar-refractivity contribution is 5.93. The van der Waals surface area contributed by atoms with Crippen molar-refractivity contribution in [3.63, 3.8) is 0 Å². The Kier molecular flexibility index (Phi) is 1.91. The van der Waals surface area contributed by atoms with Crippen molar-refractivity contribution < 1.29 is 4.39 Å². The van der Waals surface area contributed by atoms with E-state index in [2.05, 4.69) is 5.10 Å². The van der Waals surface area contributed by atoms with E-state index < -0.39 is 6.17 Å². The van der Waals surface area contributed by atoms with Crippen molar-refractivity contribution in [1.82, 2.24) is 9.78 Å². The van der Waals surface area contributed by atoms with Crippen LogP contribution in [0.1, 0.15) is 18.8 Å². The molecular weight excluding hydrogens is 181 g/mol. The summed E-state index contributed by atoms with van der Waals surface area (Å²) >= 11 is 0. The molecule has 3 nitrogen and oxygen atoms in total. The van der Waals surface area contributed by atoms with Gasteiger partial charge >= 0.3 is 0 Å². The number of nitrogens with zero attached hydrogens (tertiary/aromatic N) is 2. The zero-order valence-corrected chi connectivity index (χ0v) is 8.16. The van der Waals surface area contributed by atoms with Crippen LogP contribution in [0.2, 0.25) is 0 Å². The van der Waals surface area contributed by atoms with Crippen LogP contribution >= 0.6 is 0 Å². The van der Waals surface area contributed by atoms with Crippen LogP contribution in [-0.2, 0) is 7.05 Å². The first-order chi connectivity index (χ1) is 6.61. The number of hydrogen-bond donors (Lipinski definition) is 1. The number of benzene rings is 1. The Labute approximate surface area is 81.3 Å². The maximum absolute atomic E-state index is 13.2. The summed E-state index contributed by atoms with van der Waals surface area (Å²) < 4.78 is 14.9. The first-order valence-corrected chi connectivity index (χ1v) is 4.46. The number of nitrogen functional groups attached to an aromatic ring is 1. The molecule has 0 bridgehead atoms. The summed E-state index contributed by atoms with van der Waals surface area (Å²) in [5, 5.41) is 4.84. The molecule has 0 amide bonds. The molecule has 2 aromatic rings. The van der Waals surface area contributed by atoms with Crippen molar-refractivity contribution in [1.29, 1.82) is 0 Å². The van der Waals surface area contributed by atoms with Crippen molar-refractivity contribution in [3.05, 3.63) is 23.9 Å². The fourth-order valence-corrected chi connectivity index (χ4v) is 1.65. The van der Waals surface area contributed by atoms with E-state index in [1.165, 1.54) is 6.92 Å². The largest absolute Gasteiger partial charge is 0.398 e. The number of aromatic nitrogens is 2. The molecule has 1 aromatic heterocycles. The molecule has 1 heterocycles. The number of fused-ring (bicyclic) bond motifs is 1. The van der Waals surface area contributed by atoms with Crippen molar-refractivity contribution in [2.75, 3.05) is 5.73 Å². The molecule has 0 fully saturated rings. The molecule has 0 aliphatic rings. The van der Waals surface area contributed by atoms with Gasteiger partial charge in [0.1, 0.15) is 11.9 Å². The third-order valence-electron chi connectivity index (χ3n) is 2.31. The van der Waals surface area contributed by atoms with Crippen LogP contribution in [-0.4, -0.2) is 9.78 Å². The Hall–Kier alpha value is -1.58. The summed E-state index contributed by atoms with van der Waals surface area (Å²) in [6.45, 7) is 1.47. The van der Waals surface area contributed by atoms with E-state index in [9.17, 15) is 4.39 Å². The molecule has 0 saturated heterocycles. The standard InChI is InChI=1S/C10H12FN3/c1-6(11)10-9-7(12)4-3-5-8(9)14(2)13-10/h3-6H,12H2,1-2H3. The van der Waals surface area contributed by atoms with Crippen LogP contribution in [0.15, 0.2) is 18.2 Å².